The molecule has 2 aromatic carbocycles. The molecular weight excluding hydrogens is 468 g/mol. The fourth-order valence-corrected chi connectivity index (χ4v) is 5.51. The molecule has 0 aromatic heterocycles. The number of anilines is 1. The number of piperazine rings is 1. The third-order valence-corrected chi connectivity index (χ3v) is 7.89. The van der Waals surface area contributed by atoms with Gasteiger partial charge in [-0.1, -0.05) is 18.2 Å². The monoisotopic (exact) mass is 502 g/mol. The summed E-state index contributed by atoms with van der Waals surface area (Å²) in [6.07, 6.45) is 0.736. The molecule has 2 aromatic rings. The van der Waals surface area contributed by atoms with Crippen LogP contribution in [-0.2, 0) is 14.8 Å². The van der Waals surface area contributed by atoms with Gasteiger partial charge in [-0.05, 0) is 43.3 Å². The summed E-state index contributed by atoms with van der Waals surface area (Å²) in [6.45, 7) is 6.73. The van der Waals surface area contributed by atoms with Crippen molar-refractivity contribution in [1.82, 2.24) is 14.5 Å². The lowest BCUT2D eigenvalue weighted by molar-refractivity contribution is 0.0376. The molecule has 190 valence electrons. The van der Waals surface area contributed by atoms with Crippen LogP contribution in [0.15, 0.2) is 53.4 Å². The number of amides is 1. The molecule has 0 bridgehead atoms. The molecule has 9 nitrogen and oxygen atoms in total. The molecule has 2 fully saturated rings. The number of carbonyl (C=O) groups is 1. The summed E-state index contributed by atoms with van der Waals surface area (Å²) >= 11 is 0. The number of methoxy groups -OCH3 is 1. The van der Waals surface area contributed by atoms with E-state index in [0.717, 1.165) is 45.0 Å². The van der Waals surface area contributed by atoms with Crippen LogP contribution in [0, 0.1) is 0 Å². The largest absolute Gasteiger partial charge is 0.495 e. The fourth-order valence-electron chi connectivity index (χ4n) is 4.42. The van der Waals surface area contributed by atoms with E-state index >= 15 is 0 Å². The Hall–Kier alpha value is -2.66. The Labute approximate surface area is 207 Å². The van der Waals surface area contributed by atoms with Crippen molar-refractivity contribution < 1.29 is 22.7 Å². The number of benzene rings is 2. The lowest BCUT2D eigenvalue weighted by Crippen LogP contribution is -2.49. The molecule has 0 aliphatic carbocycles. The first kappa shape index (κ1) is 25.4. The highest BCUT2D eigenvalue weighted by atomic mass is 32.2. The van der Waals surface area contributed by atoms with E-state index in [1.54, 1.807) is 25.3 Å². The molecule has 2 heterocycles. The van der Waals surface area contributed by atoms with Gasteiger partial charge in [0.1, 0.15) is 5.75 Å². The molecule has 4 rings (SSSR count). The molecule has 0 saturated carbocycles. The van der Waals surface area contributed by atoms with Crippen LogP contribution in [0.1, 0.15) is 16.8 Å². The highest BCUT2D eigenvalue weighted by Crippen LogP contribution is 2.32. The van der Waals surface area contributed by atoms with Crippen molar-refractivity contribution in [1.29, 1.82) is 0 Å². The number of ether oxygens (including phenoxy) is 2. The predicted molar refractivity (Wildman–Crippen MR) is 135 cm³/mol. The van der Waals surface area contributed by atoms with E-state index in [2.05, 4.69) is 14.5 Å². The SMILES string of the molecule is COc1ccc(S(=O)(=O)NCCCN2CCOCC2)cc1N1CCN(C(=O)c2ccccc2)CC1. The zero-order valence-electron chi connectivity index (χ0n) is 20.2. The van der Waals surface area contributed by atoms with Gasteiger partial charge in [0, 0.05) is 51.4 Å². The summed E-state index contributed by atoms with van der Waals surface area (Å²) in [4.78, 5) is 19.2. The molecule has 0 atom stereocenters. The van der Waals surface area contributed by atoms with Crippen molar-refractivity contribution in [2.75, 3.05) is 77.6 Å². The van der Waals surface area contributed by atoms with Crippen LogP contribution in [-0.4, -0.2) is 96.8 Å². The van der Waals surface area contributed by atoms with E-state index in [4.69, 9.17) is 9.47 Å². The maximum atomic E-state index is 13.0. The molecule has 10 heteroatoms. The number of hydrogen-bond acceptors (Lipinski definition) is 7. The maximum absolute atomic E-state index is 13.0. The molecule has 1 N–H and O–H groups in total. The molecular formula is C25H34N4O5S. The topological polar surface area (TPSA) is 91.4 Å². The minimum Gasteiger partial charge on any atom is -0.495 e. The number of sulfonamides is 1. The quantitative estimate of drug-likeness (QED) is 0.522. The van der Waals surface area contributed by atoms with Gasteiger partial charge in [0.2, 0.25) is 10.0 Å². The van der Waals surface area contributed by atoms with Crippen LogP contribution in [0.2, 0.25) is 0 Å². The average molecular weight is 503 g/mol. The van der Waals surface area contributed by atoms with Crippen LogP contribution in [0.4, 0.5) is 5.69 Å². The Bertz CT molecular complexity index is 1080. The minimum atomic E-state index is -3.65. The highest BCUT2D eigenvalue weighted by Gasteiger charge is 2.25. The standard InChI is InChI=1S/C25H34N4O5S/c1-33-24-9-8-22(35(31,32)26-10-5-11-27-16-18-34-19-17-27)20-23(24)28-12-14-29(15-13-28)25(30)21-6-3-2-4-7-21/h2-4,6-9,20,26H,5,10-19H2,1H3. The van der Waals surface area contributed by atoms with Crippen LogP contribution >= 0.6 is 0 Å². The summed E-state index contributed by atoms with van der Waals surface area (Å²) in [5.74, 6) is 0.619. The smallest absolute Gasteiger partial charge is 0.253 e. The molecule has 0 spiro atoms. The predicted octanol–water partition coefficient (Wildman–Crippen LogP) is 1.66. The Morgan fingerprint density at radius 3 is 2.40 bits per heavy atom. The van der Waals surface area contributed by atoms with E-state index in [0.29, 0.717) is 44.0 Å². The second-order valence-corrected chi connectivity index (χ2v) is 10.5. The summed E-state index contributed by atoms with van der Waals surface area (Å²) in [7, 11) is -2.07. The summed E-state index contributed by atoms with van der Waals surface area (Å²) < 4.78 is 39.5. The van der Waals surface area contributed by atoms with Crippen LogP contribution in [0.3, 0.4) is 0 Å². The van der Waals surface area contributed by atoms with E-state index < -0.39 is 10.0 Å². The first-order chi connectivity index (χ1) is 17.0. The van der Waals surface area contributed by atoms with Gasteiger partial charge in [0.25, 0.3) is 5.91 Å². The number of carbonyl (C=O) groups excluding carboxylic acids is 1. The average Bonchev–Trinajstić information content (AvgIpc) is 2.91. The maximum Gasteiger partial charge on any atom is 0.253 e. The molecule has 2 saturated heterocycles. The van der Waals surface area contributed by atoms with Crippen molar-refractivity contribution in [3.63, 3.8) is 0 Å². The second-order valence-electron chi connectivity index (χ2n) is 8.68. The molecule has 2 aliphatic rings. The zero-order chi connectivity index (χ0) is 24.7. The number of hydrogen-bond donors (Lipinski definition) is 1. The van der Waals surface area contributed by atoms with Crippen molar-refractivity contribution in [2.24, 2.45) is 0 Å². The second kappa shape index (κ2) is 11.9. The summed E-state index contributed by atoms with van der Waals surface area (Å²) in [5, 5.41) is 0. The van der Waals surface area contributed by atoms with Gasteiger partial charge in [0.05, 0.1) is 30.9 Å². The van der Waals surface area contributed by atoms with E-state index in [1.807, 2.05) is 35.2 Å². The van der Waals surface area contributed by atoms with Crippen molar-refractivity contribution in [2.45, 2.75) is 11.3 Å². The van der Waals surface area contributed by atoms with Gasteiger partial charge in [0.15, 0.2) is 0 Å². The van der Waals surface area contributed by atoms with Gasteiger partial charge in [-0.2, -0.15) is 0 Å². The van der Waals surface area contributed by atoms with Gasteiger partial charge in [-0.15, -0.1) is 0 Å². The number of morpholine rings is 1. The van der Waals surface area contributed by atoms with Crippen molar-refractivity contribution >= 4 is 21.6 Å². The van der Waals surface area contributed by atoms with Crippen LogP contribution in [0.25, 0.3) is 0 Å². The van der Waals surface area contributed by atoms with Gasteiger partial charge in [-0.3, -0.25) is 9.69 Å². The molecule has 0 unspecified atom stereocenters. The lowest BCUT2D eigenvalue weighted by atomic mass is 10.1. The summed E-state index contributed by atoms with van der Waals surface area (Å²) in [5.41, 5.74) is 1.39. The Morgan fingerprint density at radius 2 is 1.71 bits per heavy atom. The third-order valence-electron chi connectivity index (χ3n) is 6.44. The molecule has 2 aliphatic heterocycles. The first-order valence-electron chi connectivity index (χ1n) is 12.0. The van der Waals surface area contributed by atoms with Gasteiger partial charge in [-0.25, -0.2) is 13.1 Å². The fraction of sp³-hybridized carbons (Fsp3) is 0.480. The molecule has 1 amide bonds. The highest BCUT2D eigenvalue weighted by molar-refractivity contribution is 7.89. The van der Waals surface area contributed by atoms with E-state index in [-0.39, 0.29) is 10.8 Å². The van der Waals surface area contributed by atoms with Gasteiger partial charge < -0.3 is 19.3 Å². The van der Waals surface area contributed by atoms with E-state index in [1.165, 1.54) is 0 Å². The number of nitrogens with zero attached hydrogens (tertiary/aromatic N) is 3. The number of rotatable bonds is 9. The zero-order valence-corrected chi connectivity index (χ0v) is 21.0. The lowest BCUT2D eigenvalue weighted by Gasteiger charge is -2.36. The summed E-state index contributed by atoms with van der Waals surface area (Å²) in [6, 6.07) is 14.2. The Morgan fingerprint density at radius 1 is 1.00 bits per heavy atom. The Balaban J connectivity index is 1.37. The van der Waals surface area contributed by atoms with Crippen molar-refractivity contribution in [3.8, 4) is 5.75 Å². The normalized spacial score (nSPS) is 17.4. The van der Waals surface area contributed by atoms with Crippen LogP contribution < -0.4 is 14.4 Å². The Kier molecular flexibility index (Phi) is 8.61. The van der Waals surface area contributed by atoms with Gasteiger partial charge >= 0.3 is 0 Å². The van der Waals surface area contributed by atoms with Crippen molar-refractivity contribution in [3.05, 3.63) is 54.1 Å². The minimum absolute atomic E-state index is 0.00910. The third kappa shape index (κ3) is 6.52. The number of nitrogens with one attached hydrogen (secondary N) is 1. The van der Waals surface area contributed by atoms with E-state index in [9.17, 15) is 13.2 Å². The molecule has 35 heavy (non-hydrogen) atoms. The van der Waals surface area contributed by atoms with Crippen LogP contribution in [0.5, 0.6) is 5.75 Å². The first-order valence-corrected chi connectivity index (χ1v) is 13.5. The molecule has 0 radical (unpaired) electrons.